The third kappa shape index (κ3) is 3.48. The van der Waals surface area contributed by atoms with Crippen molar-refractivity contribution in [3.05, 3.63) is 33.1 Å². The summed E-state index contributed by atoms with van der Waals surface area (Å²) < 4.78 is 11.7. The monoisotopic (exact) mass is 341 g/mol. The van der Waals surface area contributed by atoms with Crippen molar-refractivity contribution in [1.29, 1.82) is 0 Å². The quantitative estimate of drug-likeness (QED) is 0.855. The first-order chi connectivity index (χ1) is 10.6. The van der Waals surface area contributed by atoms with Crippen molar-refractivity contribution in [2.75, 3.05) is 19.8 Å². The smallest absolute Gasteiger partial charge is 0.241 e. The van der Waals surface area contributed by atoms with Crippen molar-refractivity contribution in [3.63, 3.8) is 0 Å². The number of carbonyl (C=O) groups is 1. The van der Waals surface area contributed by atoms with E-state index in [1.165, 1.54) is 11.3 Å². The van der Waals surface area contributed by atoms with Crippen LogP contribution in [-0.2, 0) is 16.0 Å². The molecule has 0 unspecified atom stereocenters. The summed E-state index contributed by atoms with van der Waals surface area (Å²) in [5, 5.41) is 7.85. The minimum Gasteiger partial charge on any atom is -0.423 e. The van der Waals surface area contributed by atoms with Crippen molar-refractivity contribution < 1.29 is 13.9 Å². The Morgan fingerprint density at radius 1 is 1.50 bits per heavy atom. The van der Waals surface area contributed by atoms with Gasteiger partial charge in [-0.2, -0.15) is 0 Å². The molecule has 1 fully saturated rings. The van der Waals surface area contributed by atoms with Gasteiger partial charge in [0.1, 0.15) is 6.04 Å². The number of ether oxygens (including phenoxy) is 1. The van der Waals surface area contributed by atoms with E-state index >= 15 is 0 Å². The van der Waals surface area contributed by atoms with Gasteiger partial charge in [0, 0.05) is 24.8 Å². The van der Waals surface area contributed by atoms with Gasteiger partial charge in [-0.05, 0) is 18.6 Å². The summed E-state index contributed by atoms with van der Waals surface area (Å²) >= 11 is 7.41. The number of aromatic nitrogens is 2. The number of amides is 1. The van der Waals surface area contributed by atoms with Gasteiger partial charge in [0.25, 0.3) is 0 Å². The van der Waals surface area contributed by atoms with Crippen LogP contribution in [0.5, 0.6) is 0 Å². The van der Waals surface area contributed by atoms with Crippen LogP contribution in [0.25, 0.3) is 0 Å². The van der Waals surface area contributed by atoms with Crippen molar-refractivity contribution >= 4 is 28.8 Å². The lowest BCUT2D eigenvalue weighted by atomic mass is 10.1. The predicted octanol–water partition coefficient (Wildman–Crippen LogP) is 2.63. The predicted molar refractivity (Wildman–Crippen MR) is 82.0 cm³/mol. The Kier molecular flexibility index (Phi) is 4.75. The second-order valence-corrected chi connectivity index (χ2v) is 6.84. The summed E-state index contributed by atoms with van der Waals surface area (Å²) in [6, 6.07) is 3.51. The average molecular weight is 342 g/mol. The third-order valence-corrected chi connectivity index (χ3v) is 4.78. The molecule has 0 aromatic carbocycles. The zero-order valence-corrected chi connectivity index (χ0v) is 13.7. The van der Waals surface area contributed by atoms with Crippen molar-refractivity contribution in [2.45, 2.75) is 25.8 Å². The molecule has 0 spiro atoms. The van der Waals surface area contributed by atoms with Gasteiger partial charge < -0.3 is 14.1 Å². The fourth-order valence-electron chi connectivity index (χ4n) is 2.41. The van der Waals surface area contributed by atoms with Crippen LogP contribution >= 0.6 is 22.9 Å². The number of carbonyl (C=O) groups excluding carboxylic acids is 1. The zero-order valence-electron chi connectivity index (χ0n) is 12.1. The SMILES string of the molecule is Cc1nnc([C@H]2COCCN2C(=O)CCc2ccc(Cl)s2)o1. The Labute approximate surface area is 137 Å². The van der Waals surface area contributed by atoms with Crippen LogP contribution in [0.15, 0.2) is 16.5 Å². The van der Waals surface area contributed by atoms with Crippen molar-refractivity contribution in [1.82, 2.24) is 15.1 Å². The van der Waals surface area contributed by atoms with Crippen LogP contribution < -0.4 is 0 Å². The molecule has 6 nitrogen and oxygen atoms in total. The van der Waals surface area contributed by atoms with Gasteiger partial charge in [0.05, 0.1) is 17.6 Å². The molecule has 0 N–H and O–H groups in total. The summed E-state index contributed by atoms with van der Waals surface area (Å²) in [6.45, 7) is 3.18. The summed E-state index contributed by atoms with van der Waals surface area (Å²) in [5.74, 6) is 0.986. The van der Waals surface area contributed by atoms with Crippen LogP contribution in [0.4, 0.5) is 0 Å². The minimum atomic E-state index is -0.297. The topological polar surface area (TPSA) is 68.5 Å². The third-order valence-electron chi connectivity index (χ3n) is 3.49. The molecular weight excluding hydrogens is 326 g/mol. The fourth-order valence-corrected chi connectivity index (χ4v) is 3.50. The van der Waals surface area contributed by atoms with Crippen LogP contribution in [0.3, 0.4) is 0 Å². The number of halogens is 1. The minimum absolute atomic E-state index is 0.0636. The maximum Gasteiger partial charge on any atom is 0.241 e. The molecule has 1 atom stereocenters. The molecule has 0 aliphatic carbocycles. The van der Waals surface area contributed by atoms with Crippen molar-refractivity contribution in [3.8, 4) is 0 Å². The molecule has 0 saturated carbocycles. The lowest BCUT2D eigenvalue weighted by Gasteiger charge is -2.33. The molecule has 2 aromatic heterocycles. The molecule has 0 bridgehead atoms. The van der Waals surface area contributed by atoms with Crippen LogP contribution in [0.1, 0.15) is 29.1 Å². The highest BCUT2D eigenvalue weighted by Gasteiger charge is 2.32. The van der Waals surface area contributed by atoms with Gasteiger partial charge >= 0.3 is 0 Å². The molecule has 2 aromatic rings. The molecule has 1 saturated heterocycles. The first-order valence-electron chi connectivity index (χ1n) is 7.05. The normalized spacial score (nSPS) is 18.6. The van der Waals surface area contributed by atoms with E-state index in [4.69, 9.17) is 20.8 Å². The van der Waals surface area contributed by atoms with Crippen molar-refractivity contribution in [2.24, 2.45) is 0 Å². The highest BCUT2D eigenvalue weighted by Crippen LogP contribution is 2.26. The molecule has 0 radical (unpaired) electrons. The Bertz CT molecular complexity index is 657. The van der Waals surface area contributed by atoms with E-state index in [2.05, 4.69) is 10.2 Å². The van der Waals surface area contributed by atoms with E-state index in [1.54, 1.807) is 11.8 Å². The van der Waals surface area contributed by atoms with Gasteiger partial charge in [-0.25, -0.2) is 0 Å². The largest absolute Gasteiger partial charge is 0.423 e. The number of morpholine rings is 1. The highest BCUT2D eigenvalue weighted by atomic mass is 35.5. The van der Waals surface area contributed by atoms with Gasteiger partial charge in [-0.1, -0.05) is 11.6 Å². The molecule has 3 heterocycles. The molecule has 1 aliphatic heterocycles. The lowest BCUT2D eigenvalue weighted by Crippen LogP contribution is -2.43. The summed E-state index contributed by atoms with van der Waals surface area (Å²) in [7, 11) is 0. The Morgan fingerprint density at radius 3 is 3.05 bits per heavy atom. The Hall–Kier alpha value is -1.44. The number of nitrogens with zero attached hydrogens (tertiary/aromatic N) is 3. The number of hydrogen-bond donors (Lipinski definition) is 0. The second kappa shape index (κ2) is 6.76. The zero-order chi connectivity index (χ0) is 15.5. The van der Waals surface area contributed by atoms with E-state index in [1.807, 2.05) is 12.1 Å². The number of thiophene rings is 1. The van der Waals surface area contributed by atoms with E-state index in [-0.39, 0.29) is 11.9 Å². The highest BCUT2D eigenvalue weighted by molar-refractivity contribution is 7.16. The molecule has 8 heteroatoms. The summed E-state index contributed by atoms with van der Waals surface area (Å²) in [5.41, 5.74) is 0. The van der Waals surface area contributed by atoms with Gasteiger partial charge in [-0.15, -0.1) is 21.5 Å². The van der Waals surface area contributed by atoms with Gasteiger partial charge in [-0.3, -0.25) is 4.79 Å². The summed E-state index contributed by atoms with van der Waals surface area (Å²) in [6.07, 6.45) is 1.11. The first-order valence-corrected chi connectivity index (χ1v) is 8.24. The maximum absolute atomic E-state index is 12.5. The van der Waals surface area contributed by atoms with Gasteiger partial charge in [0.2, 0.25) is 17.7 Å². The van der Waals surface area contributed by atoms with Crippen LogP contribution in [-0.4, -0.2) is 40.8 Å². The van der Waals surface area contributed by atoms with E-state index < -0.39 is 0 Å². The molecule has 22 heavy (non-hydrogen) atoms. The number of hydrogen-bond acceptors (Lipinski definition) is 6. The Balaban J connectivity index is 1.66. The molecule has 1 amide bonds. The molecular formula is C14H16ClN3O3S. The number of rotatable bonds is 4. The summed E-state index contributed by atoms with van der Waals surface area (Å²) in [4.78, 5) is 15.4. The van der Waals surface area contributed by atoms with Crippen LogP contribution in [0.2, 0.25) is 4.34 Å². The van der Waals surface area contributed by atoms with Crippen LogP contribution in [0, 0.1) is 6.92 Å². The van der Waals surface area contributed by atoms with E-state index in [9.17, 15) is 4.79 Å². The molecule has 3 rings (SSSR count). The maximum atomic E-state index is 12.5. The molecule has 118 valence electrons. The fraction of sp³-hybridized carbons (Fsp3) is 0.500. The lowest BCUT2D eigenvalue weighted by molar-refractivity contribution is -0.141. The first kappa shape index (κ1) is 15.5. The number of aryl methyl sites for hydroxylation is 2. The molecule has 1 aliphatic rings. The van der Waals surface area contributed by atoms with E-state index in [0.29, 0.717) is 44.4 Å². The average Bonchev–Trinajstić information content (AvgIpc) is 3.13. The Morgan fingerprint density at radius 2 is 2.36 bits per heavy atom. The van der Waals surface area contributed by atoms with E-state index in [0.717, 1.165) is 9.21 Å². The van der Waals surface area contributed by atoms with Gasteiger partial charge in [0.15, 0.2) is 0 Å². The standard InChI is InChI=1S/C14H16ClN3O3S/c1-9-16-17-14(21-9)11-8-20-7-6-18(11)13(19)5-3-10-2-4-12(15)22-10/h2,4,11H,3,5-8H2,1H3/t11-/m1/s1. The second-order valence-electron chi connectivity index (χ2n) is 5.04.